The Kier molecular flexibility index (Phi) is 5.26. The molecule has 2 nitrogen and oxygen atoms in total. The lowest BCUT2D eigenvalue weighted by molar-refractivity contribution is 0.109. The van der Waals surface area contributed by atoms with E-state index in [1.165, 1.54) is 5.52 Å². The van der Waals surface area contributed by atoms with Gasteiger partial charge in [0.15, 0.2) is 8.24 Å². The molecule has 0 aliphatic heterocycles. The third-order valence-corrected chi connectivity index (χ3v) is 12.6. The smallest absolute Gasteiger partial charge is 0.228 e. The lowest BCUT2D eigenvalue weighted by atomic mass is 10.1. The van der Waals surface area contributed by atoms with E-state index in [9.17, 15) is 4.79 Å². The summed E-state index contributed by atoms with van der Waals surface area (Å²) in [5.41, 5.74) is 4.93. The number of aromatic nitrogens is 1. The number of nitrogens with zero attached hydrogens (tertiary/aromatic N) is 1. The maximum Gasteiger partial charge on any atom is 0.228 e. The molecular weight excluding hydrogens is 366 g/mol. The van der Waals surface area contributed by atoms with Gasteiger partial charge in [0.2, 0.25) is 4.69 Å². The van der Waals surface area contributed by atoms with Gasteiger partial charge in [-0.3, -0.25) is 4.79 Å². The molecule has 0 aliphatic carbocycles. The first-order chi connectivity index (χ1) is 10.7. The second-order valence-corrected chi connectivity index (χ2v) is 13.9. The molecule has 0 bridgehead atoms. The van der Waals surface area contributed by atoms with Gasteiger partial charge in [0.25, 0.3) is 0 Å². The zero-order valence-electron chi connectivity index (χ0n) is 15.3. The fourth-order valence-electron chi connectivity index (χ4n) is 4.76. The van der Waals surface area contributed by atoms with Gasteiger partial charge in [0.05, 0.1) is 0 Å². The van der Waals surface area contributed by atoms with Crippen LogP contribution in [0.4, 0.5) is 0 Å². The van der Waals surface area contributed by atoms with Gasteiger partial charge in [-0.2, -0.15) is 0 Å². The van der Waals surface area contributed by atoms with Gasteiger partial charge in [-0.25, -0.2) is 0 Å². The van der Waals surface area contributed by atoms with E-state index in [-0.39, 0.29) is 4.69 Å². The van der Waals surface area contributed by atoms with Crippen LogP contribution in [0, 0.1) is 6.92 Å². The first-order valence-corrected chi connectivity index (χ1v) is 11.4. The van der Waals surface area contributed by atoms with Crippen molar-refractivity contribution in [1.29, 1.82) is 0 Å². The lowest BCUT2D eigenvalue weighted by Crippen LogP contribution is -2.51. The number of carbonyl (C=O) groups excluding carboxylic acids is 1. The standard InChI is InChI=1S/C19H28BrNOSi/c1-12(2)23(13(3)4,14(5)6)21-11-10-16-17(21)9-8-15(7)18(16)19(20)22/h8-14H,1-7H3. The number of hydrogen-bond donors (Lipinski definition) is 0. The Hall–Kier alpha value is -0.873. The highest BCUT2D eigenvalue weighted by Crippen LogP contribution is 2.44. The number of aryl methyl sites for hydroxylation is 1. The molecule has 1 aromatic carbocycles. The molecule has 0 saturated heterocycles. The summed E-state index contributed by atoms with van der Waals surface area (Å²) in [7, 11) is -1.80. The van der Waals surface area contributed by atoms with E-state index in [2.05, 4.69) is 86.1 Å². The van der Waals surface area contributed by atoms with Crippen molar-refractivity contribution in [3.63, 3.8) is 0 Å². The van der Waals surface area contributed by atoms with Crippen molar-refractivity contribution in [2.45, 2.75) is 65.1 Å². The Bertz CT molecular complexity index is 709. The van der Waals surface area contributed by atoms with Crippen molar-refractivity contribution >= 4 is 39.8 Å². The van der Waals surface area contributed by atoms with Crippen molar-refractivity contribution < 1.29 is 4.79 Å². The van der Waals surface area contributed by atoms with Crippen LogP contribution >= 0.6 is 15.9 Å². The van der Waals surface area contributed by atoms with Crippen LogP contribution in [0.1, 0.15) is 57.5 Å². The summed E-state index contributed by atoms with van der Waals surface area (Å²) in [6.07, 6.45) is 2.23. The van der Waals surface area contributed by atoms with Gasteiger partial charge in [-0.05, 0) is 63.4 Å². The Morgan fingerprint density at radius 2 is 1.52 bits per heavy atom. The van der Waals surface area contributed by atoms with Crippen LogP contribution in [0.15, 0.2) is 24.4 Å². The van der Waals surface area contributed by atoms with Gasteiger partial charge < -0.3 is 4.23 Å². The topological polar surface area (TPSA) is 22.0 Å². The molecule has 126 valence electrons. The van der Waals surface area contributed by atoms with Crippen molar-refractivity contribution in [2.24, 2.45) is 0 Å². The van der Waals surface area contributed by atoms with Crippen LogP contribution in [0.2, 0.25) is 16.6 Å². The molecule has 0 unspecified atom stereocenters. The maximum atomic E-state index is 12.1. The van der Waals surface area contributed by atoms with E-state index in [1.54, 1.807) is 0 Å². The molecule has 0 aliphatic rings. The van der Waals surface area contributed by atoms with Crippen LogP contribution in [0.25, 0.3) is 10.9 Å². The van der Waals surface area contributed by atoms with Gasteiger partial charge in [-0.1, -0.05) is 47.6 Å². The average molecular weight is 394 g/mol. The molecule has 2 rings (SSSR count). The summed E-state index contributed by atoms with van der Waals surface area (Å²) >= 11 is 3.16. The summed E-state index contributed by atoms with van der Waals surface area (Å²) in [6.45, 7) is 16.2. The summed E-state index contributed by atoms with van der Waals surface area (Å²) in [6, 6.07) is 6.40. The summed E-state index contributed by atoms with van der Waals surface area (Å²) < 4.78 is 2.53. The van der Waals surface area contributed by atoms with Gasteiger partial charge in [0.1, 0.15) is 0 Å². The molecule has 0 amide bonds. The molecule has 0 saturated carbocycles. The molecule has 23 heavy (non-hydrogen) atoms. The molecule has 2 aromatic rings. The zero-order valence-corrected chi connectivity index (χ0v) is 17.9. The lowest BCUT2D eigenvalue weighted by Gasteiger charge is -2.44. The quantitative estimate of drug-likeness (QED) is 0.419. The highest BCUT2D eigenvalue weighted by Gasteiger charge is 2.45. The average Bonchev–Trinajstić information content (AvgIpc) is 2.81. The molecule has 0 radical (unpaired) electrons. The number of halogens is 1. The minimum Gasteiger partial charge on any atom is -0.373 e. The van der Waals surface area contributed by atoms with E-state index in [1.807, 2.05) is 6.92 Å². The number of hydrogen-bond acceptors (Lipinski definition) is 1. The third kappa shape index (κ3) is 2.74. The largest absolute Gasteiger partial charge is 0.373 e. The maximum absolute atomic E-state index is 12.1. The number of rotatable bonds is 5. The van der Waals surface area contributed by atoms with Crippen molar-refractivity contribution in [1.82, 2.24) is 4.23 Å². The van der Waals surface area contributed by atoms with Crippen LogP contribution in [0.3, 0.4) is 0 Å². The van der Waals surface area contributed by atoms with Crippen LogP contribution in [-0.4, -0.2) is 17.2 Å². The second kappa shape index (κ2) is 6.56. The van der Waals surface area contributed by atoms with E-state index in [0.29, 0.717) is 16.6 Å². The minimum absolute atomic E-state index is 0.0238. The SMILES string of the molecule is Cc1ccc2c(ccn2[Si](C(C)C)(C(C)C)C(C)C)c1C(=O)Br. The predicted molar refractivity (Wildman–Crippen MR) is 106 cm³/mol. The minimum atomic E-state index is -1.80. The fourth-order valence-corrected chi connectivity index (χ4v) is 11.9. The second-order valence-electron chi connectivity index (χ2n) is 7.50. The summed E-state index contributed by atoms with van der Waals surface area (Å²) in [4.78, 5) is 12.1. The molecule has 0 atom stereocenters. The molecule has 1 heterocycles. The Balaban J connectivity index is 2.87. The first-order valence-electron chi connectivity index (χ1n) is 8.46. The Morgan fingerprint density at radius 1 is 1.00 bits per heavy atom. The highest BCUT2D eigenvalue weighted by atomic mass is 79.9. The molecule has 4 heteroatoms. The number of carbonyl (C=O) groups is 1. The summed E-state index contributed by atoms with van der Waals surface area (Å²) in [5.74, 6) is 0. The monoisotopic (exact) mass is 393 g/mol. The first kappa shape index (κ1) is 18.5. The third-order valence-electron chi connectivity index (χ3n) is 5.47. The zero-order chi connectivity index (χ0) is 17.5. The molecular formula is C19H28BrNOSi. The number of benzene rings is 1. The molecule has 0 spiro atoms. The molecule has 0 fully saturated rings. The van der Waals surface area contributed by atoms with E-state index in [4.69, 9.17) is 0 Å². The normalized spacial score (nSPS) is 12.8. The van der Waals surface area contributed by atoms with Gasteiger partial charge in [-0.15, -0.1) is 0 Å². The molecule has 1 aromatic heterocycles. The van der Waals surface area contributed by atoms with Gasteiger partial charge in [0, 0.05) is 16.5 Å². The Labute approximate surface area is 149 Å². The van der Waals surface area contributed by atoms with Crippen molar-refractivity contribution in [2.75, 3.05) is 0 Å². The summed E-state index contributed by atoms with van der Waals surface area (Å²) in [5, 5.41) is 1.07. The van der Waals surface area contributed by atoms with Crippen LogP contribution in [-0.2, 0) is 0 Å². The van der Waals surface area contributed by atoms with Crippen molar-refractivity contribution in [3.8, 4) is 0 Å². The number of fused-ring (bicyclic) bond motifs is 1. The fraction of sp³-hybridized carbons (Fsp3) is 0.526. The van der Waals surface area contributed by atoms with Crippen LogP contribution < -0.4 is 0 Å². The van der Waals surface area contributed by atoms with Crippen LogP contribution in [0.5, 0.6) is 0 Å². The van der Waals surface area contributed by atoms with Crippen molar-refractivity contribution in [3.05, 3.63) is 35.5 Å². The highest BCUT2D eigenvalue weighted by molar-refractivity contribution is 9.18. The van der Waals surface area contributed by atoms with E-state index in [0.717, 1.165) is 16.5 Å². The predicted octanol–water partition coefficient (Wildman–Crippen LogP) is 6.51. The van der Waals surface area contributed by atoms with E-state index >= 15 is 0 Å². The Morgan fingerprint density at radius 3 is 1.96 bits per heavy atom. The molecule has 0 N–H and O–H groups in total. The van der Waals surface area contributed by atoms with Gasteiger partial charge >= 0.3 is 0 Å². The van der Waals surface area contributed by atoms with E-state index < -0.39 is 8.24 Å².